The maximum absolute atomic E-state index is 13.1. The van der Waals surface area contributed by atoms with Crippen LogP contribution in [0.4, 0.5) is 17.3 Å². The molecule has 2 aromatic heterocycles. The quantitative estimate of drug-likeness (QED) is 0.233. The normalized spacial score (nSPS) is 13.5. The number of hydrogen-bond acceptors (Lipinski definition) is 9. The lowest BCUT2D eigenvalue weighted by atomic mass is 10.1. The fourth-order valence-electron chi connectivity index (χ4n) is 4.82. The molecule has 0 radical (unpaired) electrons. The van der Waals surface area contributed by atoms with E-state index in [9.17, 15) is 9.59 Å². The molecule has 1 aliphatic rings. The minimum atomic E-state index is -0.193. The van der Waals surface area contributed by atoms with Gasteiger partial charge >= 0.3 is 0 Å². The third-order valence-corrected chi connectivity index (χ3v) is 7.36. The van der Waals surface area contributed by atoms with Crippen LogP contribution < -0.4 is 10.6 Å². The van der Waals surface area contributed by atoms with Crippen LogP contribution in [0.1, 0.15) is 21.5 Å². The van der Waals surface area contributed by atoms with Gasteiger partial charge in [-0.1, -0.05) is 18.2 Å². The first-order valence-electron chi connectivity index (χ1n) is 14.6. The highest BCUT2D eigenvalue weighted by Crippen LogP contribution is 2.25. The van der Waals surface area contributed by atoms with Gasteiger partial charge in [-0.3, -0.25) is 19.5 Å². The highest BCUT2D eigenvalue weighted by molar-refractivity contribution is 6.04. The highest BCUT2D eigenvalue weighted by Gasteiger charge is 2.21. The zero-order valence-electron chi connectivity index (χ0n) is 25.0. The number of hydrogen-bond donors (Lipinski definition) is 2. The van der Waals surface area contributed by atoms with Crippen LogP contribution >= 0.6 is 0 Å². The number of piperazine rings is 1. The summed E-state index contributed by atoms with van der Waals surface area (Å²) in [6, 6.07) is 19.0. The molecule has 228 valence electrons. The first-order valence-corrected chi connectivity index (χ1v) is 14.6. The number of nitrogens with zero attached hydrogens (tertiary/aromatic N) is 5. The van der Waals surface area contributed by atoms with Crippen LogP contribution in [0.2, 0.25) is 0 Å². The van der Waals surface area contributed by atoms with E-state index in [4.69, 9.17) is 9.47 Å². The molecule has 11 nitrogen and oxygen atoms in total. The molecule has 0 saturated carbocycles. The van der Waals surface area contributed by atoms with Gasteiger partial charge in [-0.05, 0) is 60.5 Å². The number of benzene rings is 2. The Labute approximate surface area is 257 Å². The summed E-state index contributed by atoms with van der Waals surface area (Å²) in [6.07, 6.45) is 5.18. The van der Waals surface area contributed by atoms with Crippen molar-refractivity contribution >= 4 is 29.1 Å². The highest BCUT2D eigenvalue weighted by atomic mass is 16.5. The van der Waals surface area contributed by atoms with Gasteiger partial charge < -0.3 is 25.0 Å². The summed E-state index contributed by atoms with van der Waals surface area (Å²) in [4.78, 5) is 42.7. The Bertz CT molecular complexity index is 1540. The van der Waals surface area contributed by atoms with Crippen LogP contribution in [-0.2, 0) is 20.8 Å². The van der Waals surface area contributed by atoms with Crippen molar-refractivity contribution in [2.75, 3.05) is 63.7 Å². The lowest BCUT2D eigenvalue weighted by Crippen LogP contribution is -2.49. The number of rotatable bonds is 12. The Morgan fingerprint density at radius 1 is 0.955 bits per heavy atom. The first kappa shape index (κ1) is 30.7. The lowest BCUT2D eigenvalue weighted by Gasteiger charge is -2.34. The van der Waals surface area contributed by atoms with Gasteiger partial charge in [-0.25, -0.2) is 9.97 Å². The van der Waals surface area contributed by atoms with Gasteiger partial charge in [0.1, 0.15) is 6.61 Å². The summed E-state index contributed by atoms with van der Waals surface area (Å²) in [6.45, 7) is 6.62. The van der Waals surface area contributed by atoms with Gasteiger partial charge in [-0.15, -0.1) is 0 Å². The van der Waals surface area contributed by atoms with Crippen LogP contribution in [0.25, 0.3) is 11.3 Å². The van der Waals surface area contributed by atoms with Crippen molar-refractivity contribution in [3.8, 4) is 11.3 Å². The van der Waals surface area contributed by atoms with E-state index in [-0.39, 0.29) is 18.4 Å². The minimum Gasteiger partial charge on any atom is -0.382 e. The predicted molar refractivity (Wildman–Crippen MR) is 169 cm³/mol. The largest absolute Gasteiger partial charge is 0.382 e. The van der Waals surface area contributed by atoms with Gasteiger partial charge in [-0.2, -0.15) is 0 Å². The maximum atomic E-state index is 13.1. The number of carbonyl (C=O) groups is 2. The molecule has 1 aliphatic heterocycles. The van der Waals surface area contributed by atoms with E-state index in [1.54, 1.807) is 25.7 Å². The van der Waals surface area contributed by atoms with E-state index in [1.807, 2.05) is 72.5 Å². The van der Waals surface area contributed by atoms with Crippen LogP contribution in [0.5, 0.6) is 0 Å². The maximum Gasteiger partial charge on any atom is 0.255 e. The molecule has 3 heterocycles. The zero-order valence-corrected chi connectivity index (χ0v) is 25.0. The van der Waals surface area contributed by atoms with Crippen molar-refractivity contribution in [2.24, 2.45) is 0 Å². The number of aryl methyl sites for hydroxylation is 1. The van der Waals surface area contributed by atoms with E-state index in [0.717, 1.165) is 47.7 Å². The molecule has 0 aliphatic carbocycles. The van der Waals surface area contributed by atoms with Gasteiger partial charge in [0.15, 0.2) is 0 Å². The fourth-order valence-corrected chi connectivity index (χ4v) is 4.82. The number of carbonyl (C=O) groups excluding carboxylic acids is 2. The van der Waals surface area contributed by atoms with Crippen molar-refractivity contribution in [1.29, 1.82) is 0 Å². The number of ether oxygens (including phenoxy) is 2. The molecular formula is C33H37N7O4. The molecule has 2 N–H and O–H groups in total. The van der Waals surface area contributed by atoms with Crippen molar-refractivity contribution in [2.45, 2.75) is 13.5 Å². The Morgan fingerprint density at radius 2 is 1.77 bits per heavy atom. The van der Waals surface area contributed by atoms with Crippen molar-refractivity contribution < 1.29 is 19.1 Å². The summed E-state index contributed by atoms with van der Waals surface area (Å²) in [7, 11) is 1.61. The molecule has 0 bridgehead atoms. The topological polar surface area (TPSA) is 122 Å². The molecule has 2 amide bonds. The second-order valence-electron chi connectivity index (χ2n) is 10.5. The summed E-state index contributed by atoms with van der Waals surface area (Å²) in [5.41, 5.74) is 5.78. The molecule has 0 atom stereocenters. The second-order valence-corrected chi connectivity index (χ2v) is 10.5. The molecule has 2 aromatic carbocycles. The average molecular weight is 596 g/mol. The number of pyridine rings is 1. The van der Waals surface area contributed by atoms with Gasteiger partial charge in [0.2, 0.25) is 11.9 Å². The Kier molecular flexibility index (Phi) is 10.6. The van der Waals surface area contributed by atoms with E-state index in [1.165, 1.54) is 0 Å². The SMILES string of the molecule is COCCOCC(=O)N1CCN(Cc2ccc(C(=O)Nc3ccc(C)c(Nc4nccc(-c5cccnc5)n4)c3)cc2)CC1. The molecule has 1 fully saturated rings. The minimum absolute atomic E-state index is 0.0101. The number of nitrogens with one attached hydrogen (secondary N) is 2. The Hall–Kier alpha value is -4.71. The lowest BCUT2D eigenvalue weighted by molar-refractivity contribution is -0.138. The number of methoxy groups -OCH3 is 1. The van der Waals surface area contributed by atoms with Crippen LogP contribution in [0, 0.1) is 6.92 Å². The van der Waals surface area contributed by atoms with Crippen LogP contribution in [0.3, 0.4) is 0 Å². The summed E-state index contributed by atoms with van der Waals surface area (Å²) < 4.78 is 10.3. The van der Waals surface area contributed by atoms with Gasteiger partial charge in [0.05, 0.1) is 18.9 Å². The zero-order chi connectivity index (χ0) is 30.7. The van der Waals surface area contributed by atoms with E-state index in [0.29, 0.717) is 43.5 Å². The number of anilines is 3. The van der Waals surface area contributed by atoms with E-state index < -0.39 is 0 Å². The molecule has 0 spiro atoms. The summed E-state index contributed by atoms with van der Waals surface area (Å²) >= 11 is 0. The van der Waals surface area contributed by atoms with Crippen molar-refractivity contribution in [3.05, 3.63) is 95.9 Å². The third kappa shape index (κ3) is 8.44. The van der Waals surface area contributed by atoms with E-state index >= 15 is 0 Å². The smallest absolute Gasteiger partial charge is 0.255 e. The van der Waals surface area contributed by atoms with E-state index in [2.05, 4.69) is 30.5 Å². The molecule has 0 unspecified atom stereocenters. The summed E-state index contributed by atoms with van der Waals surface area (Å²) in [5.74, 6) is 0.269. The molecule has 1 saturated heterocycles. The average Bonchev–Trinajstić information content (AvgIpc) is 3.06. The third-order valence-electron chi connectivity index (χ3n) is 7.36. The number of aromatic nitrogens is 3. The molecule has 4 aromatic rings. The van der Waals surface area contributed by atoms with Gasteiger partial charge in [0, 0.05) is 80.9 Å². The first-order chi connectivity index (χ1) is 21.5. The molecule has 11 heteroatoms. The Balaban J connectivity index is 1.13. The predicted octanol–water partition coefficient (Wildman–Crippen LogP) is 4.15. The summed E-state index contributed by atoms with van der Waals surface area (Å²) in [5, 5.41) is 6.27. The second kappa shape index (κ2) is 15.1. The number of amides is 2. The molecule has 5 rings (SSSR count). The van der Waals surface area contributed by atoms with Crippen molar-refractivity contribution in [1.82, 2.24) is 24.8 Å². The van der Waals surface area contributed by atoms with Crippen LogP contribution in [0.15, 0.2) is 79.3 Å². The standard InChI is InChI=1S/C33H37N7O4/c1-24-5-10-28(20-30(24)38-33-35-13-11-29(37-33)27-4-3-12-34-21-27)36-32(42)26-8-6-25(7-9-26)22-39-14-16-40(17-15-39)31(41)23-44-19-18-43-2/h3-13,20-21H,14-19,22-23H2,1-2H3,(H,36,42)(H,35,37,38). The monoisotopic (exact) mass is 595 g/mol. The Morgan fingerprint density at radius 3 is 2.52 bits per heavy atom. The van der Waals surface area contributed by atoms with Crippen molar-refractivity contribution in [3.63, 3.8) is 0 Å². The molecular weight excluding hydrogens is 558 g/mol. The van der Waals surface area contributed by atoms with Crippen LogP contribution in [-0.4, -0.2) is 89.7 Å². The molecule has 44 heavy (non-hydrogen) atoms. The fraction of sp³-hybridized carbons (Fsp3) is 0.303. The van der Waals surface area contributed by atoms with Gasteiger partial charge in [0.25, 0.3) is 5.91 Å².